The quantitative estimate of drug-likeness (QED) is 0.294. The fraction of sp³-hybridized carbons (Fsp3) is 0.0741. The molecule has 6 rings (SSSR count). The van der Waals surface area contributed by atoms with Crippen molar-refractivity contribution < 1.29 is 33.8 Å². The van der Waals surface area contributed by atoms with Crippen LogP contribution in [0.2, 0.25) is 0 Å². The number of thiazole rings is 1. The molecular weight excluding hydrogens is 510 g/mol. The highest BCUT2D eigenvalue weighted by atomic mass is 32.1. The van der Waals surface area contributed by atoms with Crippen LogP contribution in [-0.4, -0.2) is 45.0 Å². The number of pyridine rings is 1. The van der Waals surface area contributed by atoms with Crippen molar-refractivity contribution in [1.82, 2.24) is 9.97 Å². The standard InChI is InChI=1S/C27H17N3O7S/c1-36-17-7-4-5-13-11-18(37-24(13)17)22(31)20-21(16-6-2-3-10-28-16)30(25(33)23(20)32)27-29-15-9-8-14(26(34)35)12-19(15)38-27/h2-12,21,32H,1H3,(H,34,35). The summed E-state index contributed by atoms with van der Waals surface area (Å²) in [6.07, 6.45) is 1.51. The van der Waals surface area contributed by atoms with Crippen molar-refractivity contribution in [3.05, 3.63) is 95.2 Å². The summed E-state index contributed by atoms with van der Waals surface area (Å²) >= 11 is 1.06. The van der Waals surface area contributed by atoms with Crippen LogP contribution in [0.4, 0.5) is 5.13 Å². The molecule has 5 aromatic rings. The van der Waals surface area contributed by atoms with E-state index >= 15 is 0 Å². The molecule has 0 bridgehead atoms. The first kappa shape index (κ1) is 23.4. The number of carbonyl (C=O) groups excluding carboxylic acids is 2. The molecule has 0 saturated heterocycles. The van der Waals surface area contributed by atoms with Crippen molar-refractivity contribution in [2.75, 3.05) is 12.0 Å². The number of hydrogen-bond donors (Lipinski definition) is 2. The zero-order chi connectivity index (χ0) is 26.6. The van der Waals surface area contributed by atoms with Gasteiger partial charge in [0.25, 0.3) is 5.91 Å². The Morgan fingerprint density at radius 3 is 2.68 bits per heavy atom. The van der Waals surface area contributed by atoms with Gasteiger partial charge in [0.1, 0.15) is 6.04 Å². The summed E-state index contributed by atoms with van der Waals surface area (Å²) in [5.41, 5.74) is 1.00. The number of hydrogen-bond acceptors (Lipinski definition) is 9. The Hall–Kier alpha value is -5.03. The summed E-state index contributed by atoms with van der Waals surface area (Å²) in [6.45, 7) is 0. The number of nitrogens with zero attached hydrogens (tertiary/aromatic N) is 3. The van der Waals surface area contributed by atoms with Crippen LogP contribution in [0.3, 0.4) is 0 Å². The van der Waals surface area contributed by atoms with E-state index in [0.29, 0.717) is 32.6 Å². The number of aromatic carboxylic acids is 1. The highest BCUT2D eigenvalue weighted by Crippen LogP contribution is 2.44. The van der Waals surface area contributed by atoms with Gasteiger partial charge in [-0.1, -0.05) is 29.5 Å². The molecule has 4 heterocycles. The lowest BCUT2D eigenvalue weighted by Crippen LogP contribution is -2.31. The lowest BCUT2D eigenvalue weighted by Gasteiger charge is -2.23. The van der Waals surface area contributed by atoms with Crippen LogP contribution >= 0.6 is 11.3 Å². The number of Topliss-reactive ketones (excluding diaryl/α,β-unsaturated/α-hetero) is 1. The van der Waals surface area contributed by atoms with Gasteiger partial charge in [0, 0.05) is 11.6 Å². The smallest absolute Gasteiger partial charge is 0.335 e. The van der Waals surface area contributed by atoms with Gasteiger partial charge in [0.2, 0.25) is 5.78 Å². The molecule has 0 radical (unpaired) electrons. The number of methoxy groups -OCH3 is 1. The molecule has 0 fully saturated rings. The second kappa shape index (κ2) is 8.82. The Balaban J connectivity index is 1.49. The largest absolute Gasteiger partial charge is 0.503 e. The van der Waals surface area contributed by atoms with Crippen LogP contribution in [0, 0.1) is 0 Å². The van der Waals surface area contributed by atoms with E-state index in [9.17, 15) is 24.6 Å². The first-order chi connectivity index (χ1) is 18.4. The summed E-state index contributed by atoms with van der Waals surface area (Å²) in [7, 11) is 1.48. The number of carboxylic acid groups (broad SMARTS) is 1. The number of ether oxygens (including phenoxy) is 1. The van der Waals surface area contributed by atoms with E-state index in [1.807, 2.05) is 0 Å². The van der Waals surface area contributed by atoms with Gasteiger partial charge in [-0.15, -0.1) is 0 Å². The Labute approximate surface area is 218 Å². The number of rotatable bonds is 6. The molecule has 0 aliphatic carbocycles. The Kier molecular flexibility index (Phi) is 5.42. The molecule has 188 valence electrons. The van der Waals surface area contributed by atoms with Crippen LogP contribution in [0.15, 0.2) is 82.6 Å². The van der Waals surface area contributed by atoms with E-state index in [1.165, 1.54) is 42.5 Å². The van der Waals surface area contributed by atoms with Crippen molar-refractivity contribution in [2.45, 2.75) is 6.04 Å². The fourth-order valence-corrected chi connectivity index (χ4v) is 5.47. The second-order valence-corrected chi connectivity index (χ2v) is 9.41. The van der Waals surface area contributed by atoms with Gasteiger partial charge in [-0.2, -0.15) is 0 Å². The number of aliphatic hydroxyl groups excluding tert-OH is 1. The van der Waals surface area contributed by atoms with Crippen molar-refractivity contribution >= 4 is 55.3 Å². The number of ketones is 1. The zero-order valence-corrected chi connectivity index (χ0v) is 20.4. The van der Waals surface area contributed by atoms with Gasteiger partial charge in [-0.25, -0.2) is 9.78 Å². The SMILES string of the molecule is COc1cccc2cc(C(=O)C3=C(O)C(=O)N(c4nc5ccc(C(=O)O)cc5s4)C3c3ccccn3)oc12. The topological polar surface area (TPSA) is 143 Å². The molecular formula is C27H17N3O7S. The van der Waals surface area contributed by atoms with Gasteiger partial charge >= 0.3 is 5.97 Å². The number of fused-ring (bicyclic) bond motifs is 2. The van der Waals surface area contributed by atoms with Gasteiger partial charge in [-0.3, -0.25) is 19.5 Å². The van der Waals surface area contributed by atoms with Gasteiger partial charge in [0.05, 0.1) is 34.2 Å². The lowest BCUT2D eigenvalue weighted by atomic mass is 9.98. The molecule has 0 saturated carbocycles. The van der Waals surface area contributed by atoms with Crippen LogP contribution in [0.25, 0.3) is 21.2 Å². The molecule has 0 spiro atoms. The molecule has 1 atom stereocenters. The van der Waals surface area contributed by atoms with Crippen LogP contribution in [-0.2, 0) is 4.79 Å². The van der Waals surface area contributed by atoms with E-state index in [0.717, 1.165) is 11.3 Å². The third-order valence-electron chi connectivity index (χ3n) is 6.20. The predicted molar refractivity (Wildman–Crippen MR) is 138 cm³/mol. The Morgan fingerprint density at radius 2 is 1.95 bits per heavy atom. The molecule has 1 unspecified atom stereocenters. The van der Waals surface area contributed by atoms with E-state index in [2.05, 4.69) is 9.97 Å². The molecule has 1 aliphatic rings. The summed E-state index contributed by atoms with van der Waals surface area (Å²) in [6, 6.07) is 15.0. The summed E-state index contributed by atoms with van der Waals surface area (Å²) in [5, 5.41) is 21.1. The molecule has 1 aliphatic heterocycles. The third-order valence-corrected chi connectivity index (χ3v) is 7.22. The van der Waals surface area contributed by atoms with Crippen molar-refractivity contribution in [1.29, 1.82) is 0 Å². The summed E-state index contributed by atoms with van der Waals surface area (Å²) < 4.78 is 11.7. The molecule has 1 amide bonds. The molecule has 38 heavy (non-hydrogen) atoms. The normalized spacial score (nSPS) is 15.6. The minimum Gasteiger partial charge on any atom is -0.503 e. The Bertz CT molecular complexity index is 1810. The maximum absolute atomic E-state index is 13.8. The molecule has 2 aromatic carbocycles. The molecule has 2 N–H and O–H groups in total. The van der Waals surface area contributed by atoms with E-state index in [1.54, 1.807) is 36.4 Å². The number of aliphatic hydroxyl groups is 1. The number of carbonyl (C=O) groups is 3. The fourth-order valence-electron chi connectivity index (χ4n) is 4.44. The van der Waals surface area contributed by atoms with Crippen molar-refractivity contribution in [2.24, 2.45) is 0 Å². The van der Waals surface area contributed by atoms with E-state index < -0.39 is 29.5 Å². The van der Waals surface area contributed by atoms with Crippen molar-refractivity contribution in [3.63, 3.8) is 0 Å². The minimum atomic E-state index is -1.11. The maximum Gasteiger partial charge on any atom is 0.335 e. The van der Waals surface area contributed by atoms with E-state index in [-0.39, 0.29) is 22.0 Å². The number of furan rings is 1. The van der Waals surface area contributed by atoms with E-state index in [4.69, 9.17) is 9.15 Å². The summed E-state index contributed by atoms with van der Waals surface area (Å²) in [5.74, 6) is -3.03. The average Bonchev–Trinajstić information content (AvgIpc) is 3.62. The average molecular weight is 528 g/mol. The maximum atomic E-state index is 13.8. The van der Waals surface area contributed by atoms with Crippen LogP contribution in [0.5, 0.6) is 5.75 Å². The van der Waals surface area contributed by atoms with Gasteiger partial charge in [0.15, 0.2) is 28.0 Å². The molecule has 10 nitrogen and oxygen atoms in total. The highest BCUT2D eigenvalue weighted by molar-refractivity contribution is 7.22. The van der Waals surface area contributed by atoms with Crippen molar-refractivity contribution in [3.8, 4) is 5.75 Å². The number of carboxylic acids is 1. The molecule has 3 aromatic heterocycles. The lowest BCUT2D eigenvalue weighted by molar-refractivity contribution is -0.117. The Morgan fingerprint density at radius 1 is 1.11 bits per heavy atom. The number of amides is 1. The summed E-state index contributed by atoms with van der Waals surface area (Å²) in [4.78, 5) is 48.7. The third kappa shape index (κ3) is 3.59. The number of aromatic nitrogens is 2. The minimum absolute atomic E-state index is 0.0684. The highest BCUT2D eigenvalue weighted by Gasteiger charge is 2.47. The monoisotopic (exact) mass is 527 g/mol. The van der Waals surface area contributed by atoms with Gasteiger partial charge in [-0.05, 0) is 42.5 Å². The zero-order valence-electron chi connectivity index (χ0n) is 19.6. The second-order valence-electron chi connectivity index (χ2n) is 8.40. The van der Waals surface area contributed by atoms with Crippen LogP contribution < -0.4 is 9.64 Å². The van der Waals surface area contributed by atoms with Crippen LogP contribution in [0.1, 0.15) is 32.6 Å². The molecule has 11 heteroatoms. The first-order valence-corrected chi connectivity index (χ1v) is 12.1. The van der Waals surface area contributed by atoms with Gasteiger partial charge < -0.3 is 19.4 Å². The number of anilines is 1. The number of para-hydroxylation sites is 1. The number of benzene rings is 2. The predicted octanol–water partition coefficient (Wildman–Crippen LogP) is 4.93. The first-order valence-electron chi connectivity index (χ1n) is 11.3.